The van der Waals surface area contributed by atoms with Gasteiger partial charge in [0.05, 0.1) is 12.6 Å². The average Bonchev–Trinajstić information content (AvgIpc) is 2.59. The lowest BCUT2D eigenvalue weighted by atomic mass is 10.0. The van der Waals surface area contributed by atoms with Crippen LogP contribution in [-0.2, 0) is 17.8 Å². The summed E-state index contributed by atoms with van der Waals surface area (Å²) in [4.78, 5) is 6.96. The topological polar surface area (TPSA) is 48.9 Å². The molecule has 0 aliphatic rings. The monoisotopic (exact) mass is 362 g/mol. The van der Waals surface area contributed by atoms with E-state index in [1.54, 1.807) is 0 Å². The molecule has 5 nitrogen and oxygen atoms in total. The van der Waals surface area contributed by atoms with Crippen LogP contribution < -0.4 is 10.6 Å². The van der Waals surface area contributed by atoms with E-state index in [4.69, 9.17) is 9.73 Å². The van der Waals surface area contributed by atoms with E-state index >= 15 is 0 Å². The summed E-state index contributed by atoms with van der Waals surface area (Å²) in [5, 5.41) is 6.78. The maximum Gasteiger partial charge on any atom is 0.191 e. The molecule has 0 aromatic heterocycles. The molecule has 2 N–H and O–H groups in total. The van der Waals surface area contributed by atoms with Crippen LogP contribution in [0.3, 0.4) is 0 Å². The molecule has 0 fully saturated rings. The fourth-order valence-electron chi connectivity index (χ4n) is 2.87. The van der Waals surface area contributed by atoms with Crippen molar-refractivity contribution in [1.82, 2.24) is 15.5 Å². The Kier molecular flexibility index (Phi) is 11.0. The fraction of sp³-hybridized carbons (Fsp3) is 0.667. The Morgan fingerprint density at radius 2 is 1.81 bits per heavy atom. The van der Waals surface area contributed by atoms with Crippen LogP contribution in [0.5, 0.6) is 0 Å². The number of rotatable bonds is 11. The van der Waals surface area contributed by atoms with Gasteiger partial charge in [0, 0.05) is 26.2 Å². The van der Waals surface area contributed by atoms with E-state index in [-0.39, 0.29) is 6.10 Å². The molecule has 0 aliphatic carbocycles. The summed E-state index contributed by atoms with van der Waals surface area (Å²) in [6, 6.07) is 8.52. The van der Waals surface area contributed by atoms with E-state index in [1.807, 2.05) is 0 Å². The average molecular weight is 363 g/mol. The Morgan fingerprint density at radius 3 is 2.38 bits per heavy atom. The Bertz CT molecular complexity index is 528. The number of hydrogen-bond acceptors (Lipinski definition) is 3. The van der Waals surface area contributed by atoms with Gasteiger partial charge in [-0.15, -0.1) is 0 Å². The lowest BCUT2D eigenvalue weighted by Crippen LogP contribution is -2.39. The summed E-state index contributed by atoms with van der Waals surface area (Å²) in [6.07, 6.45) is 1.27. The SMILES string of the molecule is CCNC(=NCc1ccccc1CN(C)C)NCCC(OCC)C(C)C. The number of nitrogens with zero attached hydrogens (tertiary/aromatic N) is 2. The Balaban J connectivity index is 2.66. The summed E-state index contributed by atoms with van der Waals surface area (Å²) >= 11 is 0. The van der Waals surface area contributed by atoms with Gasteiger partial charge < -0.3 is 20.3 Å². The predicted molar refractivity (Wildman–Crippen MR) is 112 cm³/mol. The number of aliphatic imine (C=N–C) groups is 1. The first-order valence-electron chi connectivity index (χ1n) is 9.83. The minimum absolute atomic E-state index is 0.288. The third kappa shape index (κ3) is 8.68. The highest BCUT2D eigenvalue weighted by Crippen LogP contribution is 2.12. The van der Waals surface area contributed by atoms with E-state index in [0.29, 0.717) is 12.5 Å². The van der Waals surface area contributed by atoms with Gasteiger partial charge in [-0.2, -0.15) is 0 Å². The smallest absolute Gasteiger partial charge is 0.191 e. The molecule has 0 aliphatic heterocycles. The predicted octanol–water partition coefficient (Wildman–Crippen LogP) is 3.25. The molecule has 1 unspecified atom stereocenters. The first kappa shape index (κ1) is 22.5. The van der Waals surface area contributed by atoms with E-state index < -0.39 is 0 Å². The van der Waals surface area contributed by atoms with Gasteiger partial charge in [-0.25, -0.2) is 4.99 Å². The number of guanidine groups is 1. The molecule has 0 radical (unpaired) electrons. The van der Waals surface area contributed by atoms with Crippen molar-refractivity contribution in [3.05, 3.63) is 35.4 Å². The molecule has 148 valence electrons. The standard InChI is InChI=1S/C21H38N4O/c1-7-22-21(23-14-13-20(17(3)4)26-8-2)24-15-18-11-9-10-12-19(18)16-25(5)6/h9-12,17,20H,7-8,13-16H2,1-6H3,(H2,22,23,24). The second-order valence-corrected chi connectivity index (χ2v) is 7.15. The third-order valence-corrected chi connectivity index (χ3v) is 4.20. The number of nitrogens with one attached hydrogen (secondary N) is 2. The zero-order valence-corrected chi connectivity index (χ0v) is 17.5. The normalized spacial score (nSPS) is 13.3. The highest BCUT2D eigenvalue weighted by atomic mass is 16.5. The lowest BCUT2D eigenvalue weighted by molar-refractivity contribution is 0.0258. The molecule has 1 rings (SSSR count). The van der Waals surface area contributed by atoms with Crippen molar-refractivity contribution in [2.45, 2.75) is 53.3 Å². The highest BCUT2D eigenvalue weighted by molar-refractivity contribution is 5.79. The first-order chi connectivity index (χ1) is 12.5. The van der Waals surface area contributed by atoms with Gasteiger partial charge in [0.2, 0.25) is 0 Å². The molecule has 0 amide bonds. The minimum Gasteiger partial charge on any atom is -0.378 e. The molecule has 0 saturated heterocycles. The molecule has 0 saturated carbocycles. The van der Waals surface area contributed by atoms with E-state index in [9.17, 15) is 0 Å². The second kappa shape index (κ2) is 12.7. The van der Waals surface area contributed by atoms with Crippen LogP contribution in [0.1, 0.15) is 45.2 Å². The van der Waals surface area contributed by atoms with E-state index in [2.05, 4.69) is 81.6 Å². The summed E-state index contributed by atoms with van der Waals surface area (Å²) in [6.45, 7) is 12.6. The van der Waals surface area contributed by atoms with Crippen LogP contribution in [0.2, 0.25) is 0 Å². The van der Waals surface area contributed by atoms with Crippen molar-refractivity contribution in [2.24, 2.45) is 10.9 Å². The molecule has 0 heterocycles. The molecule has 1 atom stereocenters. The largest absolute Gasteiger partial charge is 0.378 e. The summed E-state index contributed by atoms with van der Waals surface area (Å²) < 4.78 is 5.82. The van der Waals surface area contributed by atoms with Crippen molar-refractivity contribution in [3.8, 4) is 0 Å². The van der Waals surface area contributed by atoms with Gasteiger partial charge in [-0.1, -0.05) is 38.1 Å². The third-order valence-electron chi connectivity index (χ3n) is 4.20. The zero-order chi connectivity index (χ0) is 19.4. The van der Waals surface area contributed by atoms with Gasteiger partial charge in [-0.3, -0.25) is 0 Å². The molecule has 5 heteroatoms. The Labute approximate surface area is 160 Å². The van der Waals surface area contributed by atoms with Crippen molar-refractivity contribution in [3.63, 3.8) is 0 Å². The summed E-state index contributed by atoms with van der Waals surface area (Å²) in [7, 11) is 4.18. The molecule has 1 aromatic rings. The Morgan fingerprint density at radius 1 is 1.12 bits per heavy atom. The van der Waals surface area contributed by atoms with Crippen LogP contribution in [0.4, 0.5) is 0 Å². The van der Waals surface area contributed by atoms with Crippen LogP contribution in [0.15, 0.2) is 29.3 Å². The van der Waals surface area contributed by atoms with Gasteiger partial charge in [0.25, 0.3) is 0 Å². The molecule has 1 aromatic carbocycles. The van der Waals surface area contributed by atoms with E-state index in [0.717, 1.165) is 38.6 Å². The van der Waals surface area contributed by atoms with Gasteiger partial charge in [0.15, 0.2) is 5.96 Å². The van der Waals surface area contributed by atoms with E-state index in [1.165, 1.54) is 11.1 Å². The Hall–Kier alpha value is -1.59. The van der Waals surface area contributed by atoms with Crippen LogP contribution in [0, 0.1) is 5.92 Å². The van der Waals surface area contributed by atoms with Crippen LogP contribution in [0.25, 0.3) is 0 Å². The minimum atomic E-state index is 0.288. The van der Waals surface area contributed by atoms with Crippen molar-refractivity contribution >= 4 is 5.96 Å². The summed E-state index contributed by atoms with van der Waals surface area (Å²) in [5.74, 6) is 1.39. The van der Waals surface area contributed by atoms with Gasteiger partial charge >= 0.3 is 0 Å². The lowest BCUT2D eigenvalue weighted by Gasteiger charge is -2.21. The zero-order valence-electron chi connectivity index (χ0n) is 17.5. The molecule has 0 bridgehead atoms. The fourth-order valence-corrected chi connectivity index (χ4v) is 2.87. The van der Waals surface area contributed by atoms with Crippen molar-refractivity contribution in [2.75, 3.05) is 33.8 Å². The molecular formula is C21H38N4O. The number of ether oxygens (including phenoxy) is 1. The van der Waals surface area contributed by atoms with Crippen molar-refractivity contribution in [1.29, 1.82) is 0 Å². The number of hydrogen-bond donors (Lipinski definition) is 2. The maximum atomic E-state index is 5.82. The first-order valence-corrected chi connectivity index (χ1v) is 9.83. The van der Waals surface area contributed by atoms with Crippen LogP contribution in [-0.4, -0.2) is 50.8 Å². The highest BCUT2D eigenvalue weighted by Gasteiger charge is 2.13. The van der Waals surface area contributed by atoms with Gasteiger partial charge in [-0.05, 0) is 51.4 Å². The van der Waals surface area contributed by atoms with Crippen LogP contribution >= 0.6 is 0 Å². The molecule has 0 spiro atoms. The molecular weight excluding hydrogens is 324 g/mol. The number of benzene rings is 1. The molecule has 26 heavy (non-hydrogen) atoms. The quantitative estimate of drug-likeness (QED) is 0.469. The maximum absolute atomic E-state index is 5.82. The van der Waals surface area contributed by atoms with Crippen molar-refractivity contribution < 1.29 is 4.74 Å². The van der Waals surface area contributed by atoms with Gasteiger partial charge in [0.1, 0.15) is 0 Å². The second-order valence-electron chi connectivity index (χ2n) is 7.15. The summed E-state index contributed by atoms with van der Waals surface area (Å²) in [5.41, 5.74) is 2.60.